The van der Waals surface area contributed by atoms with Crippen LogP contribution in [0.5, 0.6) is 0 Å². The summed E-state index contributed by atoms with van der Waals surface area (Å²) in [5.74, 6) is 0.124. The van der Waals surface area contributed by atoms with E-state index in [4.69, 9.17) is 16.0 Å². The highest BCUT2D eigenvalue weighted by atomic mass is 35.5. The second-order valence-electron chi connectivity index (χ2n) is 4.81. The molecule has 5 nitrogen and oxygen atoms in total. The molecule has 3 rings (SSSR count). The van der Waals surface area contributed by atoms with Crippen molar-refractivity contribution in [3.63, 3.8) is 0 Å². The number of hydrogen-bond acceptors (Lipinski definition) is 4. The van der Waals surface area contributed by atoms with Gasteiger partial charge in [0, 0.05) is 10.6 Å². The van der Waals surface area contributed by atoms with Gasteiger partial charge in [0.15, 0.2) is 0 Å². The molecule has 112 valence electrons. The smallest absolute Gasteiger partial charge is 0.341 e. The topological polar surface area (TPSA) is 68.5 Å². The van der Waals surface area contributed by atoms with E-state index in [1.807, 2.05) is 0 Å². The lowest BCUT2D eigenvalue weighted by Crippen LogP contribution is -2.03. The summed E-state index contributed by atoms with van der Waals surface area (Å²) in [5.41, 5.74) is 2.18. The van der Waals surface area contributed by atoms with E-state index in [0.717, 1.165) is 5.56 Å². The summed E-state index contributed by atoms with van der Waals surface area (Å²) < 4.78 is 10.2. The number of nitrogens with one attached hydrogen (secondary N) is 1. The number of fused-ring (bicyclic) bond motifs is 1. The Morgan fingerprint density at radius 2 is 2.14 bits per heavy atom. The molecule has 1 amide bonds. The van der Waals surface area contributed by atoms with Crippen molar-refractivity contribution >= 4 is 40.8 Å². The van der Waals surface area contributed by atoms with E-state index >= 15 is 0 Å². The molecule has 1 aliphatic rings. The number of anilines is 1. The first-order valence-corrected chi connectivity index (χ1v) is 6.89. The van der Waals surface area contributed by atoms with Crippen LogP contribution in [0.1, 0.15) is 27.4 Å². The van der Waals surface area contributed by atoms with Gasteiger partial charge in [-0.3, -0.25) is 4.79 Å². The van der Waals surface area contributed by atoms with E-state index in [9.17, 15) is 9.59 Å². The van der Waals surface area contributed by atoms with E-state index in [1.165, 1.54) is 7.11 Å². The monoisotopic (exact) mass is 317 g/mol. The molecule has 1 N–H and O–H groups in total. The Morgan fingerprint density at radius 1 is 1.36 bits per heavy atom. The second-order valence-corrected chi connectivity index (χ2v) is 5.25. The van der Waals surface area contributed by atoms with Crippen molar-refractivity contribution in [1.29, 1.82) is 0 Å². The summed E-state index contributed by atoms with van der Waals surface area (Å²) in [7, 11) is 1.30. The molecular weight excluding hydrogens is 306 g/mol. The Balaban J connectivity index is 2.03. The van der Waals surface area contributed by atoms with Crippen LogP contribution in [0.3, 0.4) is 0 Å². The maximum Gasteiger partial charge on any atom is 0.341 e. The highest BCUT2D eigenvalue weighted by Gasteiger charge is 2.25. The number of aryl methyl sites for hydroxylation is 1. The van der Waals surface area contributed by atoms with Crippen LogP contribution in [0.25, 0.3) is 11.6 Å². The van der Waals surface area contributed by atoms with Gasteiger partial charge in [0.05, 0.1) is 18.4 Å². The first-order valence-electron chi connectivity index (χ1n) is 6.51. The van der Waals surface area contributed by atoms with Crippen molar-refractivity contribution in [3.8, 4) is 0 Å². The van der Waals surface area contributed by atoms with Crippen LogP contribution in [0.4, 0.5) is 5.69 Å². The van der Waals surface area contributed by atoms with Gasteiger partial charge in [-0.05, 0) is 31.2 Å². The number of carbonyl (C=O) groups excluding carboxylic acids is 2. The van der Waals surface area contributed by atoms with Crippen LogP contribution in [0.2, 0.25) is 5.02 Å². The third-order valence-corrected chi connectivity index (χ3v) is 3.63. The zero-order valence-corrected chi connectivity index (χ0v) is 12.7. The quantitative estimate of drug-likeness (QED) is 0.679. The van der Waals surface area contributed by atoms with Gasteiger partial charge in [-0.1, -0.05) is 17.7 Å². The highest BCUT2D eigenvalue weighted by Crippen LogP contribution is 2.35. The van der Waals surface area contributed by atoms with Gasteiger partial charge in [0.2, 0.25) is 0 Å². The van der Waals surface area contributed by atoms with Crippen molar-refractivity contribution in [1.82, 2.24) is 0 Å². The molecule has 1 aromatic heterocycles. The fourth-order valence-electron chi connectivity index (χ4n) is 2.34. The van der Waals surface area contributed by atoms with Crippen molar-refractivity contribution in [2.24, 2.45) is 0 Å². The number of furan rings is 1. The number of hydrogen-bond donors (Lipinski definition) is 1. The standard InChI is InChI=1S/C16H12ClNO4/c1-8-12(16(20)21-2)6-10(22-8)7-13-11-4-3-9(17)5-14(11)18-15(13)19/h3-7H,1-2H3,(H,18,19)/b13-7+. The predicted octanol–water partition coefficient (Wildman–Crippen LogP) is 3.52. The number of rotatable bonds is 2. The van der Waals surface area contributed by atoms with Crippen LogP contribution >= 0.6 is 11.6 Å². The third-order valence-electron chi connectivity index (χ3n) is 3.39. The highest BCUT2D eigenvalue weighted by molar-refractivity contribution is 6.36. The van der Waals surface area contributed by atoms with Crippen LogP contribution in [-0.2, 0) is 9.53 Å². The number of amides is 1. The van der Waals surface area contributed by atoms with Gasteiger partial charge in [-0.2, -0.15) is 0 Å². The molecule has 0 unspecified atom stereocenters. The normalized spacial score (nSPS) is 14.9. The van der Waals surface area contributed by atoms with Crippen molar-refractivity contribution in [2.75, 3.05) is 12.4 Å². The molecule has 1 aromatic carbocycles. The third kappa shape index (κ3) is 2.40. The van der Waals surface area contributed by atoms with Crippen LogP contribution < -0.4 is 5.32 Å². The zero-order chi connectivity index (χ0) is 15.9. The maximum absolute atomic E-state index is 12.1. The van der Waals surface area contributed by atoms with Crippen molar-refractivity contribution in [3.05, 3.63) is 51.9 Å². The van der Waals surface area contributed by atoms with E-state index in [1.54, 1.807) is 37.3 Å². The molecule has 0 atom stereocenters. The first-order chi connectivity index (χ1) is 10.5. The number of methoxy groups -OCH3 is 1. The maximum atomic E-state index is 12.1. The van der Waals surface area contributed by atoms with Gasteiger partial charge in [-0.25, -0.2) is 4.79 Å². The fraction of sp³-hybridized carbons (Fsp3) is 0.125. The SMILES string of the molecule is COC(=O)c1cc(/C=C2/C(=O)Nc3cc(Cl)ccc32)oc1C. The lowest BCUT2D eigenvalue weighted by Gasteiger charge is -1.97. The van der Waals surface area contributed by atoms with E-state index in [-0.39, 0.29) is 5.91 Å². The summed E-state index contributed by atoms with van der Waals surface area (Å²) in [5, 5.41) is 3.28. The summed E-state index contributed by atoms with van der Waals surface area (Å²) >= 11 is 5.91. The summed E-state index contributed by atoms with van der Waals surface area (Å²) in [6.07, 6.45) is 1.59. The van der Waals surface area contributed by atoms with E-state index in [0.29, 0.717) is 33.4 Å². The minimum atomic E-state index is -0.478. The second kappa shape index (κ2) is 5.35. The lowest BCUT2D eigenvalue weighted by atomic mass is 10.1. The summed E-state index contributed by atoms with van der Waals surface area (Å²) in [6.45, 7) is 1.66. The lowest BCUT2D eigenvalue weighted by molar-refractivity contribution is -0.110. The first kappa shape index (κ1) is 14.4. The minimum Gasteiger partial charge on any atom is -0.465 e. The molecule has 6 heteroatoms. The van der Waals surface area contributed by atoms with Gasteiger partial charge in [-0.15, -0.1) is 0 Å². The number of benzene rings is 1. The Labute approximate surface area is 131 Å². The Kier molecular flexibility index (Phi) is 3.50. The molecule has 0 spiro atoms. The molecule has 0 saturated heterocycles. The Morgan fingerprint density at radius 3 is 2.86 bits per heavy atom. The Hall–Kier alpha value is -2.53. The largest absolute Gasteiger partial charge is 0.465 e. The fourth-order valence-corrected chi connectivity index (χ4v) is 2.51. The molecule has 0 radical (unpaired) electrons. The molecular formula is C16H12ClNO4. The number of carbonyl (C=O) groups is 2. The number of ether oxygens (including phenoxy) is 1. The molecule has 0 saturated carbocycles. The molecule has 2 aromatic rings. The number of esters is 1. The average Bonchev–Trinajstić information content (AvgIpc) is 2.99. The molecule has 22 heavy (non-hydrogen) atoms. The van der Waals surface area contributed by atoms with Crippen LogP contribution in [-0.4, -0.2) is 19.0 Å². The molecule has 0 bridgehead atoms. The van der Waals surface area contributed by atoms with Crippen LogP contribution in [0.15, 0.2) is 28.7 Å². The van der Waals surface area contributed by atoms with Crippen LogP contribution in [0, 0.1) is 6.92 Å². The predicted molar refractivity (Wildman–Crippen MR) is 82.7 cm³/mol. The van der Waals surface area contributed by atoms with Crippen molar-refractivity contribution in [2.45, 2.75) is 6.92 Å². The van der Waals surface area contributed by atoms with Crippen molar-refractivity contribution < 1.29 is 18.7 Å². The summed E-state index contributed by atoms with van der Waals surface area (Å²) in [6, 6.07) is 6.71. The van der Waals surface area contributed by atoms with Gasteiger partial charge in [0.25, 0.3) is 5.91 Å². The van der Waals surface area contributed by atoms with Gasteiger partial charge < -0.3 is 14.5 Å². The number of halogens is 1. The Bertz CT molecular complexity index is 820. The summed E-state index contributed by atoms with van der Waals surface area (Å²) in [4.78, 5) is 23.7. The average molecular weight is 318 g/mol. The van der Waals surface area contributed by atoms with E-state index < -0.39 is 5.97 Å². The molecule has 0 fully saturated rings. The minimum absolute atomic E-state index is 0.245. The van der Waals surface area contributed by atoms with E-state index in [2.05, 4.69) is 10.1 Å². The van der Waals surface area contributed by atoms with Gasteiger partial charge in [0.1, 0.15) is 17.1 Å². The van der Waals surface area contributed by atoms with Gasteiger partial charge >= 0.3 is 5.97 Å². The molecule has 0 aliphatic carbocycles. The zero-order valence-electron chi connectivity index (χ0n) is 11.9. The molecule has 2 heterocycles. The molecule has 1 aliphatic heterocycles.